The van der Waals surface area contributed by atoms with Crippen molar-refractivity contribution in [2.24, 2.45) is 7.05 Å². The molecule has 1 N–H and O–H groups in total. The molecule has 1 aromatic heterocycles. The highest BCUT2D eigenvalue weighted by Gasteiger charge is 2.14. The van der Waals surface area contributed by atoms with Gasteiger partial charge in [0, 0.05) is 41.2 Å². The molecule has 124 valence electrons. The van der Waals surface area contributed by atoms with Crippen LogP contribution in [0, 0.1) is 5.82 Å². The van der Waals surface area contributed by atoms with Gasteiger partial charge < -0.3 is 14.6 Å². The van der Waals surface area contributed by atoms with Crippen LogP contribution in [0.4, 0.5) is 4.39 Å². The second-order valence-electron chi connectivity index (χ2n) is 5.50. The van der Waals surface area contributed by atoms with Crippen molar-refractivity contribution >= 4 is 32.7 Å². The van der Waals surface area contributed by atoms with Crippen molar-refractivity contribution in [3.63, 3.8) is 0 Å². The van der Waals surface area contributed by atoms with Gasteiger partial charge in [0.15, 0.2) is 0 Å². The molecule has 0 aliphatic heterocycles. The van der Waals surface area contributed by atoms with E-state index in [1.807, 2.05) is 29.8 Å². The average molecular weight is 391 g/mol. The molecule has 6 heteroatoms. The second-order valence-corrected chi connectivity index (χ2v) is 6.41. The first-order valence-electron chi connectivity index (χ1n) is 7.34. The number of nitrogens with one attached hydrogen (secondary N) is 1. The van der Waals surface area contributed by atoms with Gasteiger partial charge >= 0.3 is 0 Å². The summed E-state index contributed by atoms with van der Waals surface area (Å²) in [6.45, 7) is 0.222. The number of amides is 1. The van der Waals surface area contributed by atoms with Crippen LogP contribution in [0.3, 0.4) is 0 Å². The summed E-state index contributed by atoms with van der Waals surface area (Å²) in [7, 11) is 3.37. The fourth-order valence-electron chi connectivity index (χ4n) is 2.66. The Balaban J connectivity index is 1.82. The number of nitrogens with zero attached hydrogens (tertiary/aromatic N) is 1. The van der Waals surface area contributed by atoms with Gasteiger partial charge in [0.25, 0.3) is 5.91 Å². The highest BCUT2D eigenvalue weighted by Crippen LogP contribution is 2.24. The summed E-state index contributed by atoms with van der Waals surface area (Å²) in [5, 5.41) is 3.70. The molecule has 4 nitrogen and oxygen atoms in total. The van der Waals surface area contributed by atoms with Crippen molar-refractivity contribution in [1.29, 1.82) is 0 Å². The molecule has 3 rings (SSSR count). The third kappa shape index (κ3) is 3.28. The van der Waals surface area contributed by atoms with Crippen LogP contribution in [-0.2, 0) is 13.6 Å². The van der Waals surface area contributed by atoms with Crippen molar-refractivity contribution in [1.82, 2.24) is 9.88 Å². The number of hydrogen-bond acceptors (Lipinski definition) is 2. The summed E-state index contributed by atoms with van der Waals surface area (Å²) in [6.07, 6.45) is 1.79. The molecule has 0 saturated heterocycles. The Morgan fingerprint density at radius 2 is 2.08 bits per heavy atom. The van der Waals surface area contributed by atoms with Crippen LogP contribution in [0.2, 0.25) is 0 Å². The molecule has 0 aliphatic carbocycles. The van der Waals surface area contributed by atoms with E-state index in [1.165, 1.54) is 19.2 Å². The van der Waals surface area contributed by atoms with E-state index in [0.29, 0.717) is 16.9 Å². The normalized spacial score (nSPS) is 10.8. The highest BCUT2D eigenvalue weighted by atomic mass is 79.9. The molecular weight excluding hydrogens is 375 g/mol. The van der Waals surface area contributed by atoms with Crippen LogP contribution in [0.25, 0.3) is 10.9 Å². The Kier molecular flexibility index (Phi) is 4.57. The van der Waals surface area contributed by atoms with E-state index in [1.54, 1.807) is 12.3 Å². The predicted octanol–water partition coefficient (Wildman–Crippen LogP) is 4.02. The number of carbonyl (C=O) groups excluding carboxylic acids is 1. The number of rotatable bonds is 4. The van der Waals surface area contributed by atoms with E-state index in [4.69, 9.17) is 4.74 Å². The molecule has 0 spiro atoms. The van der Waals surface area contributed by atoms with Crippen molar-refractivity contribution in [3.8, 4) is 5.75 Å². The smallest absolute Gasteiger partial charge is 0.253 e. The van der Waals surface area contributed by atoms with Crippen LogP contribution in [0.15, 0.2) is 47.1 Å². The summed E-state index contributed by atoms with van der Waals surface area (Å²) in [5.74, 6) is -0.172. The molecule has 1 amide bonds. The van der Waals surface area contributed by atoms with Gasteiger partial charge in [-0.1, -0.05) is 22.0 Å². The Bertz CT molecular complexity index is 921. The first-order valence-corrected chi connectivity index (χ1v) is 8.13. The zero-order valence-electron chi connectivity index (χ0n) is 13.3. The topological polar surface area (TPSA) is 43.3 Å². The summed E-state index contributed by atoms with van der Waals surface area (Å²) in [6, 6.07) is 10.1. The van der Waals surface area contributed by atoms with Crippen LogP contribution < -0.4 is 10.1 Å². The predicted molar refractivity (Wildman–Crippen MR) is 94.7 cm³/mol. The fraction of sp³-hybridized carbons (Fsp3) is 0.167. The lowest BCUT2D eigenvalue weighted by Crippen LogP contribution is -2.22. The van der Waals surface area contributed by atoms with E-state index >= 15 is 0 Å². The van der Waals surface area contributed by atoms with Crippen molar-refractivity contribution < 1.29 is 13.9 Å². The summed E-state index contributed by atoms with van der Waals surface area (Å²) in [5.41, 5.74) is 2.19. The molecule has 1 heterocycles. The molecule has 0 saturated carbocycles. The molecule has 0 aliphatic rings. The molecule has 0 radical (unpaired) electrons. The van der Waals surface area contributed by atoms with Gasteiger partial charge in [0.1, 0.15) is 11.6 Å². The van der Waals surface area contributed by atoms with E-state index in [9.17, 15) is 9.18 Å². The van der Waals surface area contributed by atoms with E-state index in [2.05, 4.69) is 21.2 Å². The minimum absolute atomic E-state index is 0.203. The Hall–Kier alpha value is -2.34. The summed E-state index contributed by atoms with van der Waals surface area (Å²) in [4.78, 5) is 12.5. The van der Waals surface area contributed by atoms with Gasteiger partial charge in [-0.3, -0.25) is 4.79 Å². The molecule has 0 atom stereocenters. The average Bonchev–Trinajstić information content (AvgIpc) is 2.88. The highest BCUT2D eigenvalue weighted by molar-refractivity contribution is 9.10. The SMILES string of the molecule is COc1cc(F)cc(CNC(=O)c2cn(C)c3cc(Br)ccc23)c1. The first kappa shape index (κ1) is 16.5. The lowest BCUT2D eigenvalue weighted by atomic mass is 10.1. The number of carbonyl (C=O) groups is 1. The Labute approximate surface area is 147 Å². The molecular formula is C18H16BrFN2O2. The zero-order valence-corrected chi connectivity index (χ0v) is 14.9. The minimum atomic E-state index is -0.395. The molecule has 2 aromatic carbocycles. The standard InChI is InChI=1S/C18H16BrFN2O2/c1-22-10-16(15-4-3-12(19)7-17(15)22)18(23)21-9-11-5-13(20)8-14(6-11)24-2/h3-8,10H,9H2,1-2H3,(H,21,23). The number of aromatic nitrogens is 1. The number of halogens is 2. The van der Waals surface area contributed by atoms with Gasteiger partial charge in [0.2, 0.25) is 0 Å². The quantitative estimate of drug-likeness (QED) is 0.730. The zero-order chi connectivity index (χ0) is 17.3. The minimum Gasteiger partial charge on any atom is -0.497 e. The van der Waals surface area contributed by atoms with Crippen molar-refractivity contribution in [3.05, 3.63) is 64.0 Å². The maximum absolute atomic E-state index is 13.5. The first-order chi connectivity index (χ1) is 11.5. The van der Waals surface area contributed by atoms with Crippen LogP contribution in [0.5, 0.6) is 5.75 Å². The maximum Gasteiger partial charge on any atom is 0.253 e. The largest absolute Gasteiger partial charge is 0.497 e. The number of hydrogen-bond donors (Lipinski definition) is 1. The number of methoxy groups -OCH3 is 1. The fourth-order valence-corrected chi connectivity index (χ4v) is 3.01. The molecule has 0 unspecified atom stereocenters. The van der Waals surface area contributed by atoms with E-state index < -0.39 is 5.82 Å². The monoisotopic (exact) mass is 390 g/mol. The molecule has 24 heavy (non-hydrogen) atoms. The number of aryl methyl sites for hydroxylation is 1. The summed E-state index contributed by atoms with van der Waals surface area (Å²) >= 11 is 3.43. The Morgan fingerprint density at radius 3 is 2.83 bits per heavy atom. The van der Waals surface area contributed by atoms with Crippen LogP contribution in [-0.4, -0.2) is 17.6 Å². The number of ether oxygens (including phenoxy) is 1. The van der Waals surface area contributed by atoms with Crippen molar-refractivity contribution in [2.75, 3.05) is 7.11 Å². The second kappa shape index (κ2) is 6.65. The number of fused-ring (bicyclic) bond motifs is 1. The summed E-state index contributed by atoms with van der Waals surface area (Å²) < 4.78 is 21.4. The van der Waals surface area contributed by atoms with Crippen molar-refractivity contribution in [2.45, 2.75) is 6.54 Å². The van der Waals surface area contributed by atoms with Gasteiger partial charge in [-0.2, -0.15) is 0 Å². The maximum atomic E-state index is 13.5. The Morgan fingerprint density at radius 1 is 1.29 bits per heavy atom. The van der Waals surface area contributed by atoms with Crippen LogP contribution >= 0.6 is 15.9 Å². The van der Waals surface area contributed by atoms with Gasteiger partial charge in [-0.25, -0.2) is 4.39 Å². The van der Waals surface area contributed by atoms with E-state index in [0.717, 1.165) is 15.4 Å². The molecule has 0 bridgehead atoms. The van der Waals surface area contributed by atoms with Gasteiger partial charge in [-0.05, 0) is 29.8 Å². The lowest BCUT2D eigenvalue weighted by molar-refractivity contribution is 0.0952. The lowest BCUT2D eigenvalue weighted by Gasteiger charge is -2.07. The molecule has 3 aromatic rings. The number of benzene rings is 2. The molecule has 0 fully saturated rings. The third-order valence-electron chi connectivity index (χ3n) is 3.82. The van der Waals surface area contributed by atoms with Gasteiger partial charge in [0.05, 0.1) is 12.7 Å². The van der Waals surface area contributed by atoms with E-state index in [-0.39, 0.29) is 12.5 Å². The third-order valence-corrected chi connectivity index (χ3v) is 4.31. The van der Waals surface area contributed by atoms with Crippen LogP contribution in [0.1, 0.15) is 15.9 Å². The van der Waals surface area contributed by atoms with Gasteiger partial charge in [-0.15, -0.1) is 0 Å².